The summed E-state index contributed by atoms with van der Waals surface area (Å²) >= 11 is 0.617. The maximum atomic E-state index is 10.8. The van der Waals surface area contributed by atoms with Gasteiger partial charge in [0.05, 0.1) is 4.92 Å². The maximum absolute atomic E-state index is 10.8. The highest BCUT2D eigenvalue weighted by Gasteiger charge is 2.16. The Bertz CT molecular complexity index is 673. The largest absolute Gasteiger partial charge is 0.743 e. The van der Waals surface area contributed by atoms with Gasteiger partial charge in [0.25, 0.3) is 5.69 Å². The molecule has 0 bridgehead atoms. The number of hydrogen-bond acceptors (Lipinski definition) is 6. The Morgan fingerprint density at radius 1 is 1.31 bits per heavy atom. The molecule has 0 saturated carbocycles. The topological polar surface area (TPSA) is 100 Å². The number of hydrogen-bond donors (Lipinski definition) is 0. The minimum absolute atomic E-state index is 0.196. The molecule has 2 aromatic rings. The first-order valence-electron chi connectivity index (χ1n) is 4.02. The smallest absolute Gasteiger partial charge is 0.287 e. The zero-order chi connectivity index (χ0) is 11.9. The molecule has 6 nitrogen and oxygen atoms in total. The van der Waals surface area contributed by atoms with E-state index in [0.29, 0.717) is 16.7 Å². The average Bonchev–Trinajstić information content (AvgIpc) is 2.59. The van der Waals surface area contributed by atoms with Crippen molar-refractivity contribution in [1.29, 1.82) is 0 Å². The predicted octanol–water partition coefficient (Wildman–Crippen LogP) is 1.71. The number of nitrogens with zero attached hydrogens (tertiary/aromatic N) is 1. The molecule has 0 amide bonds. The highest BCUT2D eigenvalue weighted by molar-refractivity contribution is 7.88. The van der Waals surface area contributed by atoms with E-state index in [1.165, 1.54) is 18.2 Å². The van der Waals surface area contributed by atoms with Crippen molar-refractivity contribution in [1.82, 2.24) is 0 Å². The molecule has 0 aliphatic carbocycles. The molecule has 0 N–H and O–H groups in total. The predicted molar refractivity (Wildman–Crippen MR) is 56.4 cm³/mol. The summed E-state index contributed by atoms with van der Waals surface area (Å²) in [5, 5.41) is 11.0. The molecule has 0 saturated heterocycles. The SMILES string of the molecule is O=[N+]([O-])c1cccc2cc(S(=O)(=O)[O-])sc12. The summed E-state index contributed by atoms with van der Waals surface area (Å²) in [6.07, 6.45) is 0. The monoisotopic (exact) mass is 258 g/mol. The maximum Gasteiger partial charge on any atom is 0.287 e. The van der Waals surface area contributed by atoms with E-state index in [1.54, 1.807) is 0 Å². The van der Waals surface area contributed by atoms with Crippen LogP contribution in [-0.2, 0) is 10.1 Å². The van der Waals surface area contributed by atoms with Crippen molar-refractivity contribution >= 4 is 37.2 Å². The molecule has 0 unspecified atom stereocenters. The highest BCUT2D eigenvalue weighted by Crippen LogP contribution is 2.35. The molecule has 2 rings (SSSR count). The van der Waals surface area contributed by atoms with Gasteiger partial charge in [-0.25, -0.2) is 8.42 Å². The zero-order valence-electron chi connectivity index (χ0n) is 7.61. The number of benzene rings is 1. The van der Waals surface area contributed by atoms with Gasteiger partial charge in [-0.05, 0) is 6.07 Å². The summed E-state index contributed by atoms with van der Waals surface area (Å²) in [6.45, 7) is 0. The van der Waals surface area contributed by atoms with E-state index >= 15 is 0 Å². The number of rotatable bonds is 2. The van der Waals surface area contributed by atoms with Gasteiger partial charge in [-0.2, -0.15) is 0 Å². The van der Waals surface area contributed by atoms with Gasteiger partial charge in [0.2, 0.25) is 0 Å². The molecular formula is C8H4NO5S2-. The third-order valence-electron chi connectivity index (χ3n) is 1.94. The van der Waals surface area contributed by atoms with Crippen LogP contribution in [0.4, 0.5) is 5.69 Å². The van der Waals surface area contributed by atoms with Crippen molar-refractivity contribution in [2.24, 2.45) is 0 Å². The van der Waals surface area contributed by atoms with Gasteiger partial charge < -0.3 is 4.55 Å². The molecule has 0 spiro atoms. The first-order valence-corrected chi connectivity index (χ1v) is 6.25. The van der Waals surface area contributed by atoms with Gasteiger partial charge in [0.1, 0.15) is 19.0 Å². The summed E-state index contributed by atoms with van der Waals surface area (Å²) in [5.74, 6) is 0. The summed E-state index contributed by atoms with van der Waals surface area (Å²) in [7, 11) is -4.56. The van der Waals surface area contributed by atoms with Crippen LogP contribution in [0.3, 0.4) is 0 Å². The highest BCUT2D eigenvalue weighted by atomic mass is 32.3. The first-order chi connectivity index (χ1) is 7.39. The molecule has 16 heavy (non-hydrogen) atoms. The first kappa shape index (κ1) is 11.0. The molecule has 1 aromatic heterocycles. The van der Waals surface area contributed by atoms with Crippen molar-refractivity contribution in [3.63, 3.8) is 0 Å². The van der Waals surface area contributed by atoms with E-state index in [-0.39, 0.29) is 10.4 Å². The quantitative estimate of drug-likeness (QED) is 0.463. The van der Waals surface area contributed by atoms with Gasteiger partial charge in [0, 0.05) is 11.5 Å². The molecule has 1 aromatic carbocycles. The Kier molecular flexibility index (Phi) is 2.41. The molecule has 84 valence electrons. The Labute approximate surface area is 94.0 Å². The van der Waals surface area contributed by atoms with Crippen LogP contribution in [0.15, 0.2) is 28.5 Å². The van der Waals surface area contributed by atoms with Crippen molar-refractivity contribution < 1.29 is 17.9 Å². The molecule has 0 aliphatic rings. The molecule has 0 fully saturated rings. The second-order valence-electron chi connectivity index (χ2n) is 2.97. The van der Waals surface area contributed by atoms with Crippen LogP contribution in [0.5, 0.6) is 0 Å². The third-order valence-corrected chi connectivity index (χ3v) is 4.38. The molecule has 8 heteroatoms. The fourth-order valence-corrected chi connectivity index (χ4v) is 3.10. The van der Waals surface area contributed by atoms with Gasteiger partial charge in [0.15, 0.2) is 0 Å². The van der Waals surface area contributed by atoms with E-state index in [4.69, 9.17) is 0 Å². The van der Waals surface area contributed by atoms with Crippen LogP contribution in [0.2, 0.25) is 0 Å². The molecule has 0 aliphatic heterocycles. The van der Waals surface area contributed by atoms with Crippen molar-refractivity contribution in [3.8, 4) is 0 Å². The van der Waals surface area contributed by atoms with Crippen LogP contribution >= 0.6 is 11.3 Å². The van der Waals surface area contributed by atoms with Crippen LogP contribution in [0, 0.1) is 10.1 Å². The van der Waals surface area contributed by atoms with Crippen molar-refractivity contribution in [3.05, 3.63) is 34.4 Å². The fraction of sp³-hybridized carbons (Fsp3) is 0. The van der Waals surface area contributed by atoms with Crippen LogP contribution < -0.4 is 0 Å². The lowest BCUT2D eigenvalue weighted by atomic mass is 10.2. The Balaban J connectivity index is 2.81. The standard InChI is InChI=1S/C8H5NO5S2/c10-9(11)6-3-1-2-5-4-7(15-8(5)6)16(12,13)14/h1-4H,(H,12,13,14)/p-1. The molecule has 0 radical (unpaired) electrons. The number of thiophene rings is 1. The van der Waals surface area contributed by atoms with E-state index < -0.39 is 19.3 Å². The van der Waals surface area contributed by atoms with E-state index in [9.17, 15) is 23.1 Å². The number of nitro benzene ring substituents is 1. The van der Waals surface area contributed by atoms with Crippen molar-refractivity contribution in [2.75, 3.05) is 0 Å². The summed E-state index contributed by atoms with van der Waals surface area (Å²) in [5.41, 5.74) is -0.197. The van der Waals surface area contributed by atoms with E-state index in [1.807, 2.05) is 0 Å². The Morgan fingerprint density at radius 2 is 2.00 bits per heavy atom. The van der Waals surface area contributed by atoms with E-state index in [0.717, 1.165) is 6.07 Å². The number of nitro groups is 1. The second kappa shape index (κ2) is 3.51. The lowest BCUT2D eigenvalue weighted by Gasteiger charge is -2.00. The molecule has 0 atom stereocenters. The average molecular weight is 258 g/mol. The minimum Gasteiger partial charge on any atom is -0.743 e. The van der Waals surface area contributed by atoms with Crippen LogP contribution in [0.25, 0.3) is 10.1 Å². The number of fused-ring (bicyclic) bond motifs is 1. The lowest BCUT2D eigenvalue weighted by molar-refractivity contribution is -0.382. The molecular weight excluding hydrogens is 254 g/mol. The second-order valence-corrected chi connectivity index (χ2v) is 5.63. The number of non-ortho nitro benzene ring substituents is 1. The Hall–Kier alpha value is -1.51. The fourth-order valence-electron chi connectivity index (χ4n) is 1.29. The van der Waals surface area contributed by atoms with Crippen LogP contribution in [0.1, 0.15) is 0 Å². The van der Waals surface area contributed by atoms with E-state index in [2.05, 4.69) is 0 Å². The minimum atomic E-state index is -4.56. The van der Waals surface area contributed by atoms with Gasteiger partial charge in [-0.15, -0.1) is 11.3 Å². The molecule has 1 heterocycles. The van der Waals surface area contributed by atoms with Crippen molar-refractivity contribution in [2.45, 2.75) is 4.21 Å². The third kappa shape index (κ3) is 1.77. The van der Waals surface area contributed by atoms with Gasteiger partial charge >= 0.3 is 0 Å². The lowest BCUT2D eigenvalue weighted by Crippen LogP contribution is -1.93. The summed E-state index contributed by atoms with van der Waals surface area (Å²) in [6, 6.07) is 5.37. The Morgan fingerprint density at radius 3 is 2.56 bits per heavy atom. The zero-order valence-corrected chi connectivity index (χ0v) is 9.25. The van der Waals surface area contributed by atoms with Gasteiger partial charge in [-0.3, -0.25) is 10.1 Å². The van der Waals surface area contributed by atoms with Crippen LogP contribution in [-0.4, -0.2) is 17.9 Å². The van der Waals surface area contributed by atoms with Gasteiger partial charge in [-0.1, -0.05) is 12.1 Å². The summed E-state index contributed by atoms with van der Waals surface area (Å²) < 4.78 is 32.1. The normalized spacial score (nSPS) is 11.8. The summed E-state index contributed by atoms with van der Waals surface area (Å²) in [4.78, 5) is 10.0.